The van der Waals surface area contributed by atoms with Gasteiger partial charge in [-0.2, -0.15) is 0 Å². The molecule has 2 aromatic rings. The summed E-state index contributed by atoms with van der Waals surface area (Å²) in [7, 11) is 0. The molecule has 0 aliphatic carbocycles. The fraction of sp³-hybridized carbons (Fsp3) is 0.692. The van der Waals surface area contributed by atoms with Gasteiger partial charge in [-0.25, -0.2) is 4.70 Å². The van der Waals surface area contributed by atoms with Gasteiger partial charge in [-0.15, -0.1) is 0 Å². The predicted molar refractivity (Wildman–Crippen MR) is 299 cm³/mol. The van der Waals surface area contributed by atoms with E-state index in [1.165, 1.54) is 230 Å². The first-order chi connectivity index (χ1) is 33.3. The van der Waals surface area contributed by atoms with Gasteiger partial charge in [-0.1, -0.05) is 91.9 Å². The molecule has 0 unspecified atom stereocenters. The molecule has 0 fully saturated rings. The zero-order chi connectivity index (χ0) is 49.5. The average Bonchev–Trinajstić information content (AvgIpc) is 3.67. The number of benzene rings is 2. The van der Waals surface area contributed by atoms with Crippen LogP contribution in [0.25, 0.3) is 16.9 Å². The second-order valence-electron chi connectivity index (χ2n) is 20.3. The number of aryl methyl sites for hydroxylation is 4. The van der Waals surface area contributed by atoms with E-state index in [9.17, 15) is 5.53 Å². The van der Waals surface area contributed by atoms with Crippen molar-refractivity contribution in [3.63, 3.8) is 0 Å². The minimum atomic E-state index is 0.344. The van der Waals surface area contributed by atoms with Gasteiger partial charge in [0.25, 0.3) is 0 Å². The average molecular weight is 1020 g/mol. The van der Waals surface area contributed by atoms with E-state index in [0.29, 0.717) is 18.0 Å². The monoisotopic (exact) mass is 1020 g/mol. The third kappa shape index (κ3) is 26.0. The van der Waals surface area contributed by atoms with Crippen LogP contribution in [-0.2, 0) is 37.2 Å². The molecule has 0 amide bonds. The van der Waals surface area contributed by atoms with Crippen molar-refractivity contribution in [2.24, 2.45) is 0 Å². The zero-order valence-electron chi connectivity index (χ0n) is 46.1. The first-order valence-electron chi connectivity index (χ1n) is 29.0. The number of rotatable bonds is 36. The molecule has 1 aliphatic heterocycles. The molecule has 68 heavy (non-hydrogen) atoms. The molecule has 3 heteroatoms. The minimum Gasteiger partial charge on any atom is -0.493 e. The van der Waals surface area contributed by atoms with Crippen LogP contribution >= 0.6 is 0 Å². The van der Waals surface area contributed by atoms with Gasteiger partial charge < -0.3 is 5.53 Å². The van der Waals surface area contributed by atoms with Gasteiger partial charge in [0.05, 0.1) is 0 Å². The maximum atomic E-state index is 11.9. The van der Waals surface area contributed by atoms with Gasteiger partial charge in [-0.3, -0.25) is 0 Å². The van der Waals surface area contributed by atoms with E-state index in [2.05, 4.69) is 113 Å². The summed E-state index contributed by atoms with van der Waals surface area (Å²) in [6, 6.07) is 9.44. The van der Waals surface area contributed by atoms with Crippen LogP contribution in [0.15, 0.2) is 35.9 Å². The van der Waals surface area contributed by atoms with Crippen molar-refractivity contribution < 1.29 is 22.7 Å². The van der Waals surface area contributed by atoms with Crippen molar-refractivity contribution in [2.75, 3.05) is 0 Å². The van der Waals surface area contributed by atoms with Crippen LogP contribution < -0.4 is 0 Å². The number of hydrogen-bond donors (Lipinski definition) is 0. The Morgan fingerprint density at radius 1 is 0.426 bits per heavy atom. The molecular formula is C65H104N2Pd. The summed E-state index contributed by atoms with van der Waals surface area (Å²) in [5.74, 6) is 6.60. The number of allylic oxidation sites excluding steroid dienone is 2. The van der Waals surface area contributed by atoms with Crippen LogP contribution in [0.3, 0.4) is 0 Å². The van der Waals surface area contributed by atoms with Crippen molar-refractivity contribution in [2.45, 2.75) is 293 Å². The Labute approximate surface area is 431 Å². The summed E-state index contributed by atoms with van der Waals surface area (Å²) in [5.41, 5.74) is 26.1. The number of unbranched alkanes of at least 4 members (excludes halogenated alkanes) is 26. The first-order valence-corrected chi connectivity index (χ1v) is 30.5. The quantitative estimate of drug-likeness (QED) is 0.0281. The standard InChI is InChI=1S/C41H62N2.2C12H21.Pd/c1-8-12-16-19-23-34-28-37(29-35(24-20-17-13-9-2)39(34)25-21-18-14-10-3)40-30-36(22-15-11-4)41(43(40)42)38-26-31(5)33(7)32(6)27-38;2*1-3-5-7-9-11-12-10-8-6-4-2;/h26-30H,8-25H2,1-7H3;2*3,5-12H2,1H3;. The van der Waals surface area contributed by atoms with E-state index in [4.69, 9.17) is 0 Å². The van der Waals surface area contributed by atoms with Gasteiger partial charge in [0.1, 0.15) is 0 Å². The van der Waals surface area contributed by atoms with E-state index in [1.807, 2.05) is 0 Å². The van der Waals surface area contributed by atoms with Crippen LogP contribution in [-0.4, -0.2) is 4.70 Å². The van der Waals surface area contributed by atoms with E-state index in [1.54, 1.807) is 5.56 Å². The minimum absolute atomic E-state index is 0.344. The number of hydrogen-bond acceptors (Lipinski definition) is 0. The van der Waals surface area contributed by atoms with Gasteiger partial charge in [0.15, 0.2) is 0 Å². The molecule has 1 heterocycles. The molecule has 0 atom stereocenters. The molecule has 2 nitrogen and oxygen atoms in total. The topological polar surface area (TPSA) is 25.3 Å². The molecule has 0 saturated carbocycles. The molecule has 3 rings (SSSR count). The van der Waals surface area contributed by atoms with Crippen molar-refractivity contribution in [1.82, 2.24) is 0 Å². The van der Waals surface area contributed by atoms with Crippen LogP contribution in [0, 0.1) is 41.4 Å². The molecule has 1 aliphatic rings. The van der Waals surface area contributed by atoms with E-state index in [0.717, 1.165) is 61.9 Å². The SMILES string of the molecule is CCCCCCCCCCC#[C][Pd][C]#CCCCCCCCCCC.CCCCCCc1cc(C2=CC(CCCC)=C(c3cc(C)c(C)c(C)c3)[N+]2=[N-])cc(CCCCCC)c1CCCCCC. The van der Waals surface area contributed by atoms with Gasteiger partial charge in [0, 0.05) is 22.8 Å². The second kappa shape index (κ2) is 41.0. The fourth-order valence-electron chi connectivity index (χ4n) is 9.57. The van der Waals surface area contributed by atoms with Crippen LogP contribution in [0.4, 0.5) is 0 Å². The van der Waals surface area contributed by atoms with Crippen molar-refractivity contribution in [3.05, 3.63) is 86.0 Å². The molecule has 2 aromatic carbocycles. The molecule has 0 aromatic heterocycles. The zero-order valence-corrected chi connectivity index (χ0v) is 47.6. The van der Waals surface area contributed by atoms with Crippen LogP contribution in [0.5, 0.6) is 0 Å². The van der Waals surface area contributed by atoms with Crippen molar-refractivity contribution >= 4 is 11.4 Å². The fourth-order valence-corrected chi connectivity index (χ4v) is 10.3. The number of nitrogens with zero attached hydrogens (tertiary/aromatic N) is 2. The Kier molecular flexibility index (Phi) is 37.0. The summed E-state index contributed by atoms with van der Waals surface area (Å²) < 4.78 is 8.06. The normalized spacial score (nSPS) is 12.2. The molecule has 0 saturated heterocycles. The Hall–Kier alpha value is -2.70. The molecule has 0 spiro atoms. The van der Waals surface area contributed by atoms with Crippen LogP contribution in [0.2, 0.25) is 0 Å². The van der Waals surface area contributed by atoms with Gasteiger partial charge >= 0.3 is 168 Å². The summed E-state index contributed by atoms with van der Waals surface area (Å²) in [6.07, 6.45) is 48.8. The van der Waals surface area contributed by atoms with E-state index < -0.39 is 0 Å². The first kappa shape index (κ1) is 61.4. The maximum absolute atomic E-state index is 11.9. The van der Waals surface area contributed by atoms with E-state index >= 15 is 0 Å². The summed E-state index contributed by atoms with van der Waals surface area (Å²) >= 11 is 0.344. The Morgan fingerprint density at radius 3 is 1.24 bits per heavy atom. The summed E-state index contributed by atoms with van der Waals surface area (Å²) in [5, 5.41) is 0. The van der Waals surface area contributed by atoms with E-state index in [-0.39, 0.29) is 0 Å². The summed E-state index contributed by atoms with van der Waals surface area (Å²) in [4.78, 5) is 0. The molecule has 384 valence electrons. The molecule has 0 N–H and O–H groups in total. The predicted octanol–water partition coefficient (Wildman–Crippen LogP) is 21.0. The molecule has 0 radical (unpaired) electrons. The Balaban J connectivity index is 0.000000542. The van der Waals surface area contributed by atoms with Crippen molar-refractivity contribution in [1.29, 1.82) is 0 Å². The molecular weight excluding hydrogens is 915 g/mol. The smallest absolute Gasteiger partial charge is 0.493 e. The van der Waals surface area contributed by atoms with Gasteiger partial charge in [-0.05, 0) is 130 Å². The van der Waals surface area contributed by atoms with Crippen molar-refractivity contribution in [3.8, 4) is 20.6 Å². The summed E-state index contributed by atoms with van der Waals surface area (Å²) in [6.45, 7) is 20.3. The third-order valence-corrected chi connectivity index (χ3v) is 15.1. The third-order valence-electron chi connectivity index (χ3n) is 14.2. The Morgan fingerprint density at radius 2 is 0.809 bits per heavy atom. The molecule has 0 bridgehead atoms. The van der Waals surface area contributed by atoms with Crippen LogP contribution in [0.1, 0.15) is 298 Å². The van der Waals surface area contributed by atoms with Gasteiger partial charge in [0.2, 0.25) is 11.4 Å². The second-order valence-corrected chi connectivity index (χ2v) is 21.5. The Bertz CT molecular complexity index is 1760.